The van der Waals surface area contributed by atoms with Crippen molar-refractivity contribution in [3.63, 3.8) is 0 Å². The van der Waals surface area contributed by atoms with Crippen LogP contribution < -0.4 is 5.73 Å². The molecule has 17 heavy (non-hydrogen) atoms. The number of hydrogen-bond acceptors (Lipinski definition) is 4. The third-order valence-corrected chi connectivity index (χ3v) is 3.54. The van der Waals surface area contributed by atoms with Crippen LogP contribution in [0, 0.1) is 0 Å². The van der Waals surface area contributed by atoms with E-state index in [0.29, 0.717) is 6.04 Å². The minimum atomic E-state index is -0.586. The van der Waals surface area contributed by atoms with E-state index < -0.39 is 6.04 Å². The Morgan fingerprint density at radius 1 is 1.59 bits per heavy atom. The molecule has 0 amide bonds. The van der Waals surface area contributed by atoms with Gasteiger partial charge >= 0.3 is 5.97 Å². The summed E-state index contributed by atoms with van der Waals surface area (Å²) >= 11 is 0. The normalized spacial score (nSPS) is 19.1. The van der Waals surface area contributed by atoms with Crippen molar-refractivity contribution in [3.8, 4) is 0 Å². The minimum absolute atomic E-state index is 0.250. The lowest BCUT2D eigenvalue weighted by atomic mass is 9.91. The summed E-state index contributed by atoms with van der Waals surface area (Å²) in [5, 5.41) is 4.30. The molecule has 2 N–H and O–H groups in total. The van der Waals surface area contributed by atoms with Crippen LogP contribution in [0.3, 0.4) is 0 Å². The molecular formula is C12H19N3O2. The maximum absolute atomic E-state index is 11.5. The zero-order valence-corrected chi connectivity index (χ0v) is 10.5. The van der Waals surface area contributed by atoms with Crippen LogP contribution in [-0.2, 0) is 14.9 Å². The van der Waals surface area contributed by atoms with E-state index in [-0.39, 0.29) is 11.4 Å². The lowest BCUT2D eigenvalue weighted by Gasteiger charge is -2.19. The van der Waals surface area contributed by atoms with E-state index in [2.05, 4.69) is 18.9 Å². The van der Waals surface area contributed by atoms with E-state index in [1.165, 1.54) is 7.11 Å². The number of rotatable bonds is 4. The van der Waals surface area contributed by atoms with Crippen molar-refractivity contribution in [1.29, 1.82) is 0 Å². The van der Waals surface area contributed by atoms with E-state index in [9.17, 15) is 4.79 Å². The van der Waals surface area contributed by atoms with Crippen molar-refractivity contribution >= 4 is 5.97 Å². The minimum Gasteiger partial charge on any atom is -0.468 e. The molecule has 1 aromatic heterocycles. The lowest BCUT2D eigenvalue weighted by molar-refractivity contribution is -0.143. The van der Waals surface area contributed by atoms with Gasteiger partial charge in [-0.1, -0.05) is 0 Å². The molecule has 0 bridgehead atoms. The molecule has 0 aromatic carbocycles. The Balaban J connectivity index is 2.23. The molecule has 1 aliphatic carbocycles. The molecule has 2 rings (SSSR count). The number of nitrogens with two attached hydrogens (primary N) is 1. The second kappa shape index (κ2) is 4.14. The fourth-order valence-corrected chi connectivity index (χ4v) is 2.14. The van der Waals surface area contributed by atoms with Gasteiger partial charge in [0.05, 0.1) is 13.3 Å². The van der Waals surface area contributed by atoms with Crippen molar-refractivity contribution < 1.29 is 9.53 Å². The second-order valence-corrected chi connectivity index (χ2v) is 4.96. The number of ether oxygens (including phenoxy) is 1. The van der Waals surface area contributed by atoms with Gasteiger partial charge in [-0.2, -0.15) is 5.10 Å². The summed E-state index contributed by atoms with van der Waals surface area (Å²) < 4.78 is 6.61. The molecule has 1 saturated carbocycles. The zero-order valence-electron chi connectivity index (χ0n) is 10.5. The Bertz CT molecular complexity index is 421. The second-order valence-electron chi connectivity index (χ2n) is 4.96. The summed E-state index contributed by atoms with van der Waals surface area (Å²) in [4.78, 5) is 11.5. The van der Waals surface area contributed by atoms with Crippen LogP contribution in [0.1, 0.15) is 38.3 Å². The fraction of sp³-hybridized carbons (Fsp3) is 0.667. The molecule has 0 radical (unpaired) electrons. The van der Waals surface area contributed by atoms with Crippen molar-refractivity contribution in [1.82, 2.24) is 9.78 Å². The SMILES string of the molecule is COC(=O)C(N)C1(c2cnn(C(C)C)c2)CC1. The van der Waals surface area contributed by atoms with Gasteiger partial charge in [0.2, 0.25) is 0 Å². The Morgan fingerprint density at radius 3 is 2.65 bits per heavy atom. The third-order valence-electron chi connectivity index (χ3n) is 3.54. The molecule has 0 spiro atoms. The smallest absolute Gasteiger partial charge is 0.323 e. The van der Waals surface area contributed by atoms with Gasteiger partial charge in [0, 0.05) is 17.7 Å². The standard InChI is InChI=1S/C12H19N3O2/c1-8(2)15-7-9(6-14-15)12(4-5-12)10(13)11(16)17-3/h6-8,10H,4-5,13H2,1-3H3. The zero-order chi connectivity index (χ0) is 12.6. The van der Waals surface area contributed by atoms with Gasteiger partial charge < -0.3 is 10.5 Å². The average molecular weight is 237 g/mol. The van der Waals surface area contributed by atoms with Crippen LogP contribution in [-0.4, -0.2) is 28.9 Å². The molecule has 0 aliphatic heterocycles. The summed E-state index contributed by atoms with van der Waals surface area (Å²) in [7, 11) is 1.37. The Labute approximate surface area is 101 Å². The molecule has 0 saturated heterocycles. The monoisotopic (exact) mass is 237 g/mol. The van der Waals surface area contributed by atoms with Crippen molar-refractivity contribution in [3.05, 3.63) is 18.0 Å². The molecule has 1 aromatic rings. The van der Waals surface area contributed by atoms with Crippen molar-refractivity contribution in [2.24, 2.45) is 5.73 Å². The van der Waals surface area contributed by atoms with E-state index in [1.54, 1.807) is 0 Å². The van der Waals surface area contributed by atoms with Crippen LogP contribution in [0.4, 0.5) is 0 Å². The van der Waals surface area contributed by atoms with Gasteiger partial charge in [0.15, 0.2) is 0 Å². The largest absolute Gasteiger partial charge is 0.468 e. The number of carbonyl (C=O) groups is 1. The van der Waals surface area contributed by atoms with Crippen molar-refractivity contribution in [2.75, 3.05) is 7.11 Å². The van der Waals surface area contributed by atoms with E-state index in [1.807, 2.05) is 17.1 Å². The predicted octanol–water partition coefficient (Wildman–Crippen LogP) is 0.996. The van der Waals surface area contributed by atoms with E-state index >= 15 is 0 Å². The average Bonchev–Trinajstić information content (AvgIpc) is 2.97. The van der Waals surface area contributed by atoms with Crippen LogP contribution in [0.2, 0.25) is 0 Å². The molecular weight excluding hydrogens is 218 g/mol. The van der Waals surface area contributed by atoms with Crippen LogP contribution in [0.5, 0.6) is 0 Å². The highest BCUT2D eigenvalue weighted by atomic mass is 16.5. The first-order valence-corrected chi connectivity index (χ1v) is 5.89. The topological polar surface area (TPSA) is 70.1 Å². The van der Waals surface area contributed by atoms with E-state index in [4.69, 9.17) is 10.5 Å². The lowest BCUT2D eigenvalue weighted by Crippen LogP contribution is -2.42. The maximum Gasteiger partial charge on any atom is 0.323 e. The van der Waals surface area contributed by atoms with E-state index in [0.717, 1.165) is 18.4 Å². The fourth-order valence-electron chi connectivity index (χ4n) is 2.14. The molecule has 1 fully saturated rings. The van der Waals surface area contributed by atoms with Gasteiger partial charge in [-0.25, -0.2) is 0 Å². The molecule has 5 nitrogen and oxygen atoms in total. The Hall–Kier alpha value is -1.36. The van der Waals surface area contributed by atoms with Gasteiger partial charge in [0.1, 0.15) is 6.04 Å². The maximum atomic E-state index is 11.5. The number of aromatic nitrogens is 2. The quantitative estimate of drug-likeness (QED) is 0.793. The predicted molar refractivity (Wildman–Crippen MR) is 63.5 cm³/mol. The number of carbonyl (C=O) groups excluding carboxylic acids is 1. The molecule has 1 heterocycles. The highest BCUT2D eigenvalue weighted by Crippen LogP contribution is 2.50. The third kappa shape index (κ3) is 1.95. The molecule has 1 aliphatic rings. The molecule has 94 valence electrons. The van der Waals surface area contributed by atoms with Crippen LogP contribution >= 0.6 is 0 Å². The van der Waals surface area contributed by atoms with Gasteiger partial charge in [0.25, 0.3) is 0 Å². The Kier molecular flexibility index (Phi) is 2.95. The van der Waals surface area contributed by atoms with Gasteiger partial charge in [-0.05, 0) is 32.3 Å². The highest BCUT2D eigenvalue weighted by Gasteiger charge is 2.53. The highest BCUT2D eigenvalue weighted by molar-refractivity contribution is 5.78. The molecule has 5 heteroatoms. The summed E-state index contributed by atoms with van der Waals surface area (Å²) in [6.07, 6.45) is 5.65. The summed E-state index contributed by atoms with van der Waals surface area (Å²) in [6, 6.07) is -0.272. The number of hydrogen-bond donors (Lipinski definition) is 1. The van der Waals surface area contributed by atoms with Gasteiger partial charge in [-0.3, -0.25) is 9.48 Å². The number of methoxy groups -OCH3 is 1. The molecule has 1 unspecified atom stereocenters. The molecule has 1 atom stereocenters. The first kappa shape index (κ1) is 12.1. The summed E-state index contributed by atoms with van der Waals surface area (Å²) in [5.41, 5.74) is 6.77. The van der Waals surface area contributed by atoms with Crippen LogP contribution in [0.15, 0.2) is 12.4 Å². The summed E-state index contributed by atoms with van der Waals surface area (Å²) in [6.45, 7) is 4.13. The van der Waals surface area contributed by atoms with Crippen LogP contribution in [0.25, 0.3) is 0 Å². The number of nitrogens with zero attached hydrogens (tertiary/aromatic N) is 2. The summed E-state index contributed by atoms with van der Waals surface area (Å²) in [5.74, 6) is -0.347. The van der Waals surface area contributed by atoms with Crippen molar-refractivity contribution in [2.45, 2.75) is 44.2 Å². The first-order valence-electron chi connectivity index (χ1n) is 5.89. The Morgan fingerprint density at radius 2 is 2.24 bits per heavy atom. The number of esters is 1. The first-order chi connectivity index (χ1) is 8.01. The van der Waals surface area contributed by atoms with Gasteiger partial charge in [-0.15, -0.1) is 0 Å².